The highest BCUT2D eigenvalue weighted by Crippen LogP contribution is 2.21. The molecular weight excluding hydrogens is 359 g/mol. The predicted molar refractivity (Wildman–Crippen MR) is 74.2 cm³/mol. The Hall–Kier alpha value is -1.18. The molecule has 0 saturated heterocycles. The normalized spacial score (nSPS) is 11.3. The van der Waals surface area contributed by atoms with E-state index < -0.39 is 15.8 Å². The van der Waals surface area contributed by atoms with Crippen molar-refractivity contribution in [3.05, 3.63) is 51.8 Å². The van der Waals surface area contributed by atoms with Crippen molar-refractivity contribution in [1.82, 2.24) is 4.98 Å². The summed E-state index contributed by atoms with van der Waals surface area (Å²) in [5, 5.41) is 0.155. The van der Waals surface area contributed by atoms with Crippen LogP contribution >= 0.6 is 27.5 Å². The number of benzene rings is 1. The average Bonchev–Trinajstić information content (AvgIpc) is 2.32. The molecule has 0 atom stereocenters. The van der Waals surface area contributed by atoms with Gasteiger partial charge in [-0.15, -0.1) is 0 Å². The number of rotatable bonds is 3. The van der Waals surface area contributed by atoms with Crippen LogP contribution in [-0.2, 0) is 10.0 Å². The van der Waals surface area contributed by atoms with Crippen LogP contribution in [0, 0.1) is 5.82 Å². The highest BCUT2D eigenvalue weighted by atomic mass is 79.9. The first kappa shape index (κ1) is 14.2. The Morgan fingerprint density at radius 1 is 1.26 bits per heavy atom. The number of halogens is 3. The van der Waals surface area contributed by atoms with Gasteiger partial charge in [-0.2, -0.15) is 0 Å². The number of nitrogens with one attached hydrogen (secondary N) is 1. The molecule has 0 aliphatic rings. The highest BCUT2D eigenvalue weighted by Gasteiger charge is 2.16. The van der Waals surface area contributed by atoms with Crippen LogP contribution in [0.3, 0.4) is 0 Å². The predicted octanol–water partition coefficient (Wildman–Crippen LogP) is 3.44. The first-order chi connectivity index (χ1) is 8.88. The molecule has 100 valence electrons. The quantitative estimate of drug-likeness (QED) is 0.848. The summed E-state index contributed by atoms with van der Waals surface area (Å²) in [4.78, 5) is 3.60. The lowest BCUT2D eigenvalue weighted by atomic mass is 10.3. The molecule has 1 heterocycles. The molecule has 4 nitrogen and oxygen atoms in total. The molecule has 0 saturated carbocycles. The molecule has 8 heteroatoms. The maximum absolute atomic E-state index is 13.3. The zero-order valence-corrected chi connectivity index (χ0v) is 12.4. The lowest BCUT2D eigenvalue weighted by Gasteiger charge is -2.07. The minimum absolute atomic E-state index is 0.0656. The lowest BCUT2D eigenvalue weighted by Crippen LogP contribution is -2.14. The Morgan fingerprint density at radius 3 is 2.63 bits per heavy atom. The second-order valence-corrected chi connectivity index (χ2v) is 6.45. The number of sulfonamides is 1. The van der Waals surface area contributed by atoms with Gasteiger partial charge in [0.25, 0.3) is 10.0 Å². The monoisotopic (exact) mass is 364 g/mol. The van der Waals surface area contributed by atoms with Crippen molar-refractivity contribution in [2.24, 2.45) is 0 Å². The van der Waals surface area contributed by atoms with Gasteiger partial charge in [0.05, 0.1) is 9.37 Å². The summed E-state index contributed by atoms with van der Waals surface area (Å²) in [5.74, 6) is -0.599. The van der Waals surface area contributed by atoms with Crippen LogP contribution in [-0.4, -0.2) is 13.4 Å². The van der Waals surface area contributed by atoms with E-state index in [2.05, 4.69) is 25.6 Å². The molecule has 0 radical (unpaired) electrons. The van der Waals surface area contributed by atoms with Gasteiger partial charge in [0.2, 0.25) is 0 Å². The maximum Gasteiger partial charge on any atom is 0.263 e. The highest BCUT2D eigenvalue weighted by molar-refractivity contribution is 9.10. The summed E-state index contributed by atoms with van der Waals surface area (Å²) in [5.41, 5.74) is 0. The van der Waals surface area contributed by atoms with E-state index in [1.807, 2.05) is 0 Å². The van der Waals surface area contributed by atoms with E-state index in [9.17, 15) is 12.8 Å². The zero-order valence-electron chi connectivity index (χ0n) is 9.27. The van der Waals surface area contributed by atoms with Gasteiger partial charge < -0.3 is 0 Å². The Balaban J connectivity index is 2.35. The van der Waals surface area contributed by atoms with E-state index in [4.69, 9.17) is 11.6 Å². The SMILES string of the molecule is O=S(=O)(Nc1cccc(Cl)n1)c1ccc(Br)c(F)c1. The standard InChI is InChI=1S/C11H7BrClFN2O2S/c12-8-5-4-7(6-9(8)14)19(17,18)16-11-3-1-2-10(13)15-11/h1-6H,(H,15,16). The number of anilines is 1. The summed E-state index contributed by atoms with van der Waals surface area (Å²) in [6, 6.07) is 8.01. The molecule has 0 unspecified atom stereocenters. The van der Waals surface area contributed by atoms with Crippen LogP contribution in [0.5, 0.6) is 0 Å². The van der Waals surface area contributed by atoms with E-state index in [1.54, 1.807) is 6.07 Å². The van der Waals surface area contributed by atoms with Crippen molar-refractivity contribution < 1.29 is 12.8 Å². The molecule has 0 aliphatic heterocycles. The largest absolute Gasteiger partial charge is 0.263 e. The second kappa shape index (κ2) is 5.44. The molecule has 2 rings (SSSR count). The minimum atomic E-state index is -3.90. The van der Waals surface area contributed by atoms with Crippen LogP contribution in [0.15, 0.2) is 45.8 Å². The van der Waals surface area contributed by atoms with Gasteiger partial charge in [0.1, 0.15) is 16.8 Å². The molecule has 2 aromatic rings. The average molecular weight is 366 g/mol. The number of hydrogen-bond acceptors (Lipinski definition) is 3. The van der Waals surface area contributed by atoms with E-state index in [-0.39, 0.29) is 20.3 Å². The minimum Gasteiger partial charge on any atom is -0.263 e. The van der Waals surface area contributed by atoms with Crippen molar-refractivity contribution in [2.45, 2.75) is 4.90 Å². The fourth-order valence-corrected chi connectivity index (χ4v) is 2.73. The summed E-state index contributed by atoms with van der Waals surface area (Å²) in [7, 11) is -3.90. The molecular formula is C11H7BrClFN2O2S. The topological polar surface area (TPSA) is 59.1 Å². The van der Waals surface area contributed by atoms with Crippen molar-refractivity contribution >= 4 is 43.4 Å². The molecule has 0 amide bonds. The second-order valence-electron chi connectivity index (χ2n) is 3.53. The molecule has 0 bridgehead atoms. The van der Waals surface area contributed by atoms with Crippen molar-refractivity contribution in [3.8, 4) is 0 Å². The van der Waals surface area contributed by atoms with Gasteiger partial charge in [-0.25, -0.2) is 17.8 Å². The van der Waals surface area contributed by atoms with Gasteiger partial charge in [0.15, 0.2) is 0 Å². The van der Waals surface area contributed by atoms with Gasteiger partial charge in [-0.1, -0.05) is 17.7 Å². The molecule has 19 heavy (non-hydrogen) atoms. The summed E-state index contributed by atoms with van der Waals surface area (Å²) in [6.45, 7) is 0. The fraction of sp³-hybridized carbons (Fsp3) is 0. The van der Waals surface area contributed by atoms with E-state index >= 15 is 0 Å². The molecule has 0 aliphatic carbocycles. The molecule has 0 fully saturated rings. The van der Waals surface area contributed by atoms with Crippen molar-refractivity contribution in [3.63, 3.8) is 0 Å². The summed E-state index contributed by atoms with van der Waals surface area (Å²) >= 11 is 8.61. The third-order valence-corrected chi connectivity index (χ3v) is 4.36. The third-order valence-electron chi connectivity index (χ3n) is 2.16. The van der Waals surface area contributed by atoms with Gasteiger partial charge in [-0.3, -0.25) is 4.72 Å². The van der Waals surface area contributed by atoms with Crippen LogP contribution in [0.2, 0.25) is 5.15 Å². The first-order valence-electron chi connectivity index (χ1n) is 4.99. The van der Waals surface area contributed by atoms with E-state index in [0.29, 0.717) is 0 Å². The van der Waals surface area contributed by atoms with Gasteiger partial charge in [0, 0.05) is 0 Å². The number of nitrogens with zero attached hydrogens (tertiary/aromatic N) is 1. The number of hydrogen-bond donors (Lipinski definition) is 1. The van der Waals surface area contributed by atoms with Crippen LogP contribution in [0.25, 0.3) is 0 Å². The van der Waals surface area contributed by atoms with Crippen LogP contribution in [0.4, 0.5) is 10.2 Å². The Bertz CT molecular complexity index is 724. The maximum atomic E-state index is 13.3. The Morgan fingerprint density at radius 2 is 2.00 bits per heavy atom. The van der Waals surface area contributed by atoms with Gasteiger partial charge in [-0.05, 0) is 46.3 Å². The van der Waals surface area contributed by atoms with E-state index in [1.165, 1.54) is 24.3 Å². The van der Waals surface area contributed by atoms with Crippen molar-refractivity contribution in [1.29, 1.82) is 0 Å². The molecule has 1 aromatic carbocycles. The Labute approximate surface area is 122 Å². The summed E-state index contributed by atoms with van der Waals surface area (Å²) in [6.07, 6.45) is 0. The van der Waals surface area contributed by atoms with Crippen LogP contribution in [0.1, 0.15) is 0 Å². The fourth-order valence-electron chi connectivity index (χ4n) is 1.31. The van der Waals surface area contributed by atoms with Gasteiger partial charge >= 0.3 is 0 Å². The zero-order chi connectivity index (χ0) is 14.0. The smallest absolute Gasteiger partial charge is 0.263 e. The number of pyridine rings is 1. The Kier molecular flexibility index (Phi) is 4.07. The van der Waals surface area contributed by atoms with Crippen molar-refractivity contribution in [2.75, 3.05) is 4.72 Å². The molecule has 1 N–H and O–H groups in total. The third kappa shape index (κ3) is 3.43. The first-order valence-corrected chi connectivity index (χ1v) is 7.64. The molecule has 1 aromatic heterocycles. The van der Waals surface area contributed by atoms with E-state index in [0.717, 1.165) is 6.07 Å². The number of aromatic nitrogens is 1. The van der Waals surface area contributed by atoms with Crippen LogP contribution < -0.4 is 4.72 Å². The summed E-state index contributed by atoms with van der Waals surface area (Å²) < 4.78 is 39.7. The lowest BCUT2D eigenvalue weighted by molar-refractivity contribution is 0.593. The molecule has 0 spiro atoms.